The first-order chi connectivity index (χ1) is 8.56. The number of aryl methyl sites for hydroxylation is 1. The summed E-state index contributed by atoms with van der Waals surface area (Å²) < 4.78 is 5.40. The van der Waals surface area contributed by atoms with Crippen molar-refractivity contribution in [3.63, 3.8) is 0 Å². The molecule has 0 saturated carbocycles. The van der Waals surface area contributed by atoms with Crippen LogP contribution in [-0.2, 0) is 6.54 Å². The number of nitrogens with one attached hydrogen (secondary N) is 1. The Morgan fingerprint density at radius 1 is 1.33 bits per heavy atom. The molecule has 0 aromatic carbocycles. The first-order valence-corrected chi connectivity index (χ1v) is 6.40. The number of hydrogen-bond donors (Lipinski definition) is 1. The first-order valence-electron chi connectivity index (χ1n) is 6.40. The van der Waals surface area contributed by atoms with Gasteiger partial charge in [0.2, 0.25) is 0 Å². The standard InChI is InChI=1S/C14H25N3O/c1-11-9-16-13(12(2)14(11)18-5)10-15-7-6-8-17(3)4/h9,15H,6-8,10H2,1-5H3. The van der Waals surface area contributed by atoms with Crippen LogP contribution >= 0.6 is 0 Å². The summed E-state index contributed by atoms with van der Waals surface area (Å²) in [6.07, 6.45) is 3.03. The SMILES string of the molecule is COc1c(C)cnc(CNCCCN(C)C)c1C. The Morgan fingerprint density at radius 2 is 2.06 bits per heavy atom. The number of pyridine rings is 1. The van der Waals surface area contributed by atoms with Crippen molar-refractivity contribution in [1.82, 2.24) is 15.2 Å². The lowest BCUT2D eigenvalue weighted by molar-refractivity contribution is 0.393. The molecule has 0 aliphatic rings. The number of nitrogens with zero attached hydrogens (tertiary/aromatic N) is 2. The minimum absolute atomic E-state index is 0.801. The molecule has 102 valence electrons. The van der Waals surface area contributed by atoms with Gasteiger partial charge in [0.15, 0.2) is 0 Å². The van der Waals surface area contributed by atoms with Crippen LogP contribution in [-0.4, -0.2) is 44.2 Å². The van der Waals surface area contributed by atoms with Crippen LogP contribution < -0.4 is 10.1 Å². The van der Waals surface area contributed by atoms with Gasteiger partial charge in [0.25, 0.3) is 0 Å². The maximum Gasteiger partial charge on any atom is 0.128 e. The number of aromatic nitrogens is 1. The van der Waals surface area contributed by atoms with Crippen LogP contribution in [0.25, 0.3) is 0 Å². The van der Waals surface area contributed by atoms with Crippen LogP contribution in [0.1, 0.15) is 23.2 Å². The van der Waals surface area contributed by atoms with Gasteiger partial charge >= 0.3 is 0 Å². The van der Waals surface area contributed by atoms with Gasteiger partial charge in [0, 0.05) is 23.9 Å². The van der Waals surface area contributed by atoms with Crippen molar-refractivity contribution < 1.29 is 4.74 Å². The van der Waals surface area contributed by atoms with Crippen LogP contribution in [0.5, 0.6) is 5.75 Å². The number of methoxy groups -OCH3 is 1. The van der Waals surface area contributed by atoms with Crippen molar-refractivity contribution in [3.05, 3.63) is 23.0 Å². The molecule has 18 heavy (non-hydrogen) atoms. The fourth-order valence-corrected chi connectivity index (χ4v) is 1.98. The maximum absolute atomic E-state index is 5.40. The van der Waals surface area contributed by atoms with Crippen LogP contribution in [0, 0.1) is 13.8 Å². The summed E-state index contributed by atoms with van der Waals surface area (Å²) in [5.74, 6) is 0.954. The van der Waals surface area contributed by atoms with Crippen LogP contribution in [0.3, 0.4) is 0 Å². The molecule has 4 nitrogen and oxygen atoms in total. The fourth-order valence-electron chi connectivity index (χ4n) is 1.98. The molecule has 1 heterocycles. The summed E-state index contributed by atoms with van der Waals surface area (Å²) in [5.41, 5.74) is 3.30. The van der Waals surface area contributed by atoms with Crippen molar-refractivity contribution in [3.8, 4) is 5.75 Å². The second kappa shape index (κ2) is 7.34. The molecule has 0 aliphatic carbocycles. The van der Waals surface area contributed by atoms with E-state index in [1.54, 1.807) is 7.11 Å². The molecule has 0 saturated heterocycles. The zero-order valence-electron chi connectivity index (χ0n) is 12.2. The Hall–Kier alpha value is -1.13. The van der Waals surface area contributed by atoms with Crippen molar-refractivity contribution >= 4 is 0 Å². The molecule has 1 aromatic rings. The lowest BCUT2D eigenvalue weighted by Gasteiger charge is -2.13. The van der Waals surface area contributed by atoms with Gasteiger partial charge < -0.3 is 15.0 Å². The Kier molecular flexibility index (Phi) is 6.09. The van der Waals surface area contributed by atoms with Crippen LogP contribution in [0.2, 0.25) is 0 Å². The summed E-state index contributed by atoms with van der Waals surface area (Å²) >= 11 is 0. The van der Waals surface area contributed by atoms with Gasteiger partial charge in [-0.3, -0.25) is 4.98 Å². The van der Waals surface area contributed by atoms with Crippen molar-refractivity contribution in [2.75, 3.05) is 34.3 Å². The summed E-state index contributed by atoms with van der Waals surface area (Å²) in [5, 5.41) is 3.42. The van der Waals surface area contributed by atoms with Crippen LogP contribution in [0.4, 0.5) is 0 Å². The molecule has 0 unspecified atom stereocenters. The number of ether oxygens (including phenoxy) is 1. The molecule has 4 heteroatoms. The smallest absolute Gasteiger partial charge is 0.128 e. The van der Waals surface area contributed by atoms with E-state index in [2.05, 4.69) is 36.2 Å². The summed E-state index contributed by atoms with van der Waals surface area (Å²) in [7, 11) is 5.90. The second-order valence-corrected chi connectivity index (χ2v) is 4.88. The van der Waals surface area contributed by atoms with E-state index < -0.39 is 0 Å². The van der Waals surface area contributed by atoms with E-state index in [0.717, 1.165) is 48.6 Å². The van der Waals surface area contributed by atoms with Gasteiger partial charge in [-0.1, -0.05) is 0 Å². The fraction of sp³-hybridized carbons (Fsp3) is 0.643. The van der Waals surface area contributed by atoms with E-state index in [1.165, 1.54) is 0 Å². The molecule has 1 aromatic heterocycles. The van der Waals surface area contributed by atoms with E-state index in [1.807, 2.05) is 13.1 Å². The number of rotatable bonds is 7. The highest BCUT2D eigenvalue weighted by molar-refractivity contribution is 5.40. The Morgan fingerprint density at radius 3 is 2.67 bits per heavy atom. The average molecular weight is 251 g/mol. The predicted molar refractivity (Wildman–Crippen MR) is 75.1 cm³/mol. The van der Waals surface area contributed by atoms with Gasteiger partial charge in [-0.25, -0.2) is 0 Å². The monoisotopic (exact) mass is 251 g/mol. The molecule has 0 fully saturated rings. The highest BCUT2D eigenvalue weighted by Gasteiger charge is 2.08. The van der Waals surface area contributed by atoms with Crippen LogP contribution in [0.15, 0.2) is 6.20 Å². The third kappa shape index (κ3) is 4.27. The first kappa shape index (κ1) is 14.9. The van der Waals surface area contributed by atoms with Gasteiger partial charge in [-0.05, 0) is 47.5 Å². The summed E-state index contributed by atoms with van der Waals surface area (Å²) in [6.45, 7) is 7.00. The number of hydrogen-bond acceptors (Lipinski definition) is 4. The second-order valence-electron chi connectivity index (χ2n) is 4.88. The molecule has 0 amide bonds. The zero-order valence-corrected chi connectivity index (χ0v) is 12.2. The van der Waals surface area contributed by atoms with E-state index in [0.29, 0.717) is 0 Å². The average Bonchev–Trinajstić information content (AvgIpc) is 2.31. The van der Waals surface area contributed by atoms with Crippen molar-refractivity contribution in [2.24, 2.45) is 0 Å². The van der Waals surface area contributed by atoms with Gasteiger partial charge in [0.1, 0.15) is 5.75 Å². The molecule has 1 N–H and O–H groups in total. The molecule has 0 spiro atoms. The summed E-state index contributed by atoms with van der Waals surface area (Å²) in [4.78, 5) is 6.66. The third-order valence-electron chi connectivity index (χ3n) is 3.00. The molecular weight excluding hydrogens is 226 g/mol. The van der Waals surface area contributed by atoms with Gasteiger partial charge in [-0.15, -0.1) is 0 Å². The quantitative estimate of drug-likeness (QED) is 0.749. The largest absolute Gasteiger partial charge is 0.496 e. The molecular formula is C14H25N3O. The van der Waals surface area contributed by atoms with Gasteiger partial charge in [0.05, 0.1) is 12.8 Å². The Labute approximate surface area is 110 Å². The van der Waals surface area contributed by atoms with Crippen molar-refractivity contribution in [1.29, 1.82) is 0 Å². The minimum atomic E-state index is 0.801. The molecule has 0 aliphatic heterocycles. The summed E-state index contributed by atoms with van der Waals surface area (Å²) in [6, 6.07) is 0. The van der Waals surface area contributed by atoms with Gasteiger partial charge in [-0.2, -0.15) is 0 Å². The molecule has 0 bridgehead atoms. The normalized spacial score (nSPS) is 11.0. The zero-order chi connectivity index (χ0) is 13.5. The minimum Gasteiger partial charge on any atom is -0.496 e. The third-order valence-corrected chi connectivity index (χ3v) is 3.00. The lowest BCUT2D eigenvalue weighted by Crippen LogP contribution is -2.21. The van der Waals surface area contributed by atoms with E-state index in [4.69, 9.17) is 4.74 Å². The Balaban J connectivity index is 2.48. The van der Waals surface area contributed by atoms with E-state index in [9.17, 15) is 0 Å². The predicted octanol–water partition coefficient (Wildman–Crippen LogP) is 1.75. The maximum atomic E-state index is 5.40. The lowest BCUT2D eigenvalue weighted by atomic mass is 10.1. The molecule has 0 radical (unpaired) electrons. The van der Waals surface area contributed by atoms with E-state index >= 15 is 0 Å². The molecule has 0 atom stereocenters. The van der Waals surface area contributed by atoms with E-state index in [-0.39, 0.29) is 0 Å². The Bertz CT molecular complexity index is 378. The topological polar surface area (TPSA) is 37.4 Å². The van der Waals surface area contributed by atoms with Crippen molar-refractivity contribution in [2.45, 2.75) is 26.8 Å². The molecule has 1 rings (SSSR count). The highest BCUT2D eigenvalue weighted by Crippen LogP contribution is 2.23. The highest BCUT2D eigenvalue weighted by atomic mass is 16.5.